The summed E-state index contributed by atoms with van der Waals surface area (Å²) in [6.07, 6.45) is 1.77. The van der Waals surface area contributed by atoms with Gasteiger partial charge in [-0.05, 0) is 24.1 Å². The van der Waals surface area contributed by atoms with Crippen LogP contribution < -0.4 is 5.73 Å². The van der Waals surface area contributed by atoms with Crippen molar-refractivity contribution in [2.45, 2.75) is 32.7 Å². The quantitative estimate of drug-likeness (QED) is 0.819. The number of nitrogens with one attached hydrogen (secondary N) is 1. The number of aromatic amines is 1. The lowest BCUT2D eigenvalue weighted by atomic mass is 10.2. The normalized spacial score (nSPS) is 10.6. The molecule has 0 unspecified atom stereocenters. The first-order valence-electron chi connectivity index (χ1n) is 7.27. The van der Waals surface area contributed by atoms with Crippen molar-refractivity contribution in [3.05, 3.63) is 40.7 Å². The maximum atomic E-state index is 12.4. The van der Waals surface area contributed by atoms with Gasteiger partial charge < -0.3 is 10.6 Å². The largest absolute Gasteiger partial charge is 0.367 e. The second-order valence-corrected chi connectivity index (χ2v) is 5.52. The van der Waals surface area contributed by atoms with Crippen molar-refractivity contribution in [1.29, 1.82) is 0 Å². The average molecular weight is 322 g/mol. The molecule has 0 spiro atoms. The van der Waals surface area contributed by atoms with Gasteiger partial charge in [-0.25, -0.2) is 0 Å². The SMILES string of the molecule is CCCN(Cc1cccc(Cl)c1)C(=O)CCc1nc(N)n[nH]1. The van der Waals surface area contributed by atoms with Crippen LogP contribution in [0.25, 0.3) is 0 Å². The monoisotopic (exact) mass is 321 g/mol. The second kappa shape index (κ2) is 7.79. The molecule has 0 atom stereocenters. The lowest BCUT2D eigenvalue weighted by molar-refractivity contribution is -0.131. The van der Waals surface area contributed by atoms with Crippen molar-refractivity contribution in [1.82, 2.24) is 20.1 Å². The van der Waals surface area contributed by atoms with Crippen LogP contribution in [0.4, 0.5) is 5.95 Å². The summed E-state index contributed by atoms with van der Waals surface area (Å²) in [6.45, 7) is 3.32. The number of aromatic nitrogens is 3. The van der Waals surface area contributed by atoms with Gasteiger partial charge in [0.2, 0.25) is 11.9 Å². The third-order valence-electron chi connectivity index (χ3n) is 3.23. The highest BCUT2D eigenvalue weighted by atomic mass is 35.5. The molecular weight excluding hydrogens is 302 g/mol. The van der Waals surface area contributed by atoms with E-state index in [1.54, 1.807) is 0 Å². The Morgan fingerprint density at radius 2 is 2.27 bits per heavy atom. The number of anilines is 1. The molecule has 0 saturated carbocycles. The minimum atomic E-state index is 0.0804. The van der Waals surface area contributed by atoms with Crippen LogP contribution in [0, 0.1) is 0 Å². The minimum Gasteiger partial charge on any atom is -0.367 e. The molecule has 2 rings (SSSR count). The highest BCUT2D eigenvalue weighted by Crippen LogP contribution is 2.14. The molecule has 7 heteroatoms. The molecule has 1 amide bonds. The number of benzene rings is 1. The van der Waals surface area contributed by atoms with Crippen LogP contribution in [0.3, 0.4) is 0 Å². The number of nitrogen functional groups attached to an aromatic ring is 1. The predicted octanol–water partition coefficient (Wildman–Crippen LogP) is 2.41. The molecule has 0 bridgehead atoms. The van der Waals surface area contributed by atoms with E-state index in [0.29, 0.717) is 36.8 Å². The number of nitrogens with zero attached hydrogens (tertiary/aromatic N) is 3. The van der Waals surface area contributed by atoms with E-state index in [2.05, 4.69) is 22.1 Å². The van der Waals surface area contributed by atoms with Gasteiger partial charge in [-0.3, -0.25) is 9.89 Å². The first-order valence-corrected chi connectivity index (χ1v) is 7.65. The molecule has 1 heterocycles. The Morgan fingerprint density at radius 3 is 2.91 bits per heavy atom. The summed E-state index contributed by atoms with van der Waals surface area (Å²) in [5.41, 5.74) is 6.47. The topological polar surface area (TPSA) is 87.9 Å². The number of H-pyrrole nitrogens is 1. The Kier molecular flexibility index (Phi) is 5.77. The number of carbonyl (C=O) groups excluding carboxylic acids is 1. The van der Waals surface area contributed by atoms with E-state index in [4.69, 9.17) is 17.3 Å². The highest BCUT2D eigenvalue weighted by Gasteiger charge is 2.14. The first-order chi connectivity index (χ1) is 10.6. The zero-order chi connectivity index (χ0) is 15.9. The standard InChI is InChI=1S/C15H20ClN5O/c1-2-8-21(10-11-4-3-5-12(16)9-11)14(22)7-6-13-18-15(17)20-19-13/h3-5,9H,2,6-8,10H2,1H3,(H3,17,18,19,20). The van der Waals surface area contributed by atoms with E-state index in [-0.39, 0.29) is 11.9 Å². The van der Waals surface area contributed by atoms with Gasteiger partial charge in [0.15, 0.2) is 0 Å². The van der Waals surface area contributed by atoms with Crippen molar-refractivity contribution in [2.75, 3.05) is 12.3 Å². The van der Waals surface area contributed by atoms with Crippen molar-refractivity contribution < 1.29 is 4.79 Å². The molecule has 0 saturated heterocycles. The third-order valence-corrected chi connectivity index (χ3v) is 3.47. The summed E-state index contributed by atoms with van der Waals surface area (Å²) in [5.74, 6) is 0.911. The first kappa shape index (κ1) is 16.3. The Hall–Kier alpha value is -2.08. The maximum Gasteiger partial charge on any atom is 0.239 e. The van der Waals surface area contributed by atoms with Gasteiger partial charge >= 0.3 is 0 Å². The van der Waals surface area contributed by atoms with Gasteiger partial charge in [0.05, 0.1) is 0 Å². The smallest absolute Gasteiger partial charge is 0.239 e. The number of amides is 1. The van der Waals surface area contributed by atoms with Crippen molar-refractivity contribution >= 4 is 23.5 Å². The van der Waals surface area contributed by atoms with Crippen LogP contribution in [0.2, 0.25) is 5.02 Å². The average Bonchev–Trinajstić information content (AvgIpc) is 2.90. The van der Waals surface area contributed by atoms with Crippen LogP contribution in [0.1, 0.15) is 31.2 Å². The van der Waals surface area contributed by atoms with Crippen molar-refractivity contribution in [2.24, 2.45) is 0 Å². The summed E-state index contributed by atoms with van der Waals surface area (Å²) in [6, 6.07) is 7.57. The third kappa shape index (κ3) is 4.73. The molecular formula is C15H20ClN5O. The van der Waals surface area contributed by atoms with Crippen molar-refractivity contribution in [3.63, 3.8) is 0 Å². The molecule has 1 aromatic carbocycles. The molecule has 0 aliphatic carbocycles. The fraction of sp³-hybridized carbons (Fsp3) is 0.400. The number of nitrogens with two attached hydrogens (primary N) is 1. The lowest BCUT2D eigenvalue weighted by Crippen LogP contribution is -2.31. The zero-order valence-corrected chi connectivity index (χ0v) is 13.3. The van der Waals surface area contributed by atoms with Gasteiger partial charge in [0.1, 0.15) is 5.82 Å². The molecule has 0 aliphatic heterocycles. The number of carbonyl (C=O) groups is 1. The van der Waals surface area contributed by atoms with E-state index in [1.807, 2.05) is 29.2 Å². The molecule has 6 nitrogen and oxygen atoms in total. The van der Waals surface area contributed by atoms with Crippen molar-refractivity contribution in [3.8, 4) is 0 Å². The second-order valence-electron chi connectivity index (χ2n) is 5.09. The summed E-state index contributed by atoms with van der Waals surface area (Å²) >= 11 is 5.99. The number of aryl methyl sites for hydroxylation is 1. The van der Waals surface area contributed by atoms with Gasteiger partial charge in [-0.1, -0.05) is 30.7 Å². The number of halogens is 1. The van der Waals surface area contributed by atoms with E-state index in [0.717, 1.165) is 12.0 Å². The molecule has 0 aliphatic rings. The van der Waals surface area contributed by atoms with Crippen LogP contribution in [-0.4, -0.2) is 32.5 Å². The molecule has 22 heavy (non-hydrogen) atoms. The van der Waals surface area contributed by atoms with Gasteiger partial charge in [0.25, 0.3) is 0 Å². The summed E-state index contributed by atoms with van der Waals surface area (Å²) in [4.78, 5) is 18.2. The number of hydrogen-bond donors (Lipinski definition) is 2. The zero-order valence-electron chi connectivity index (χ0n) is 12.6. The Labute approximate surface area is 134 Å². The molecule has 2 aromatic rings. The fourth-order valence-electron chi connectivity index (χ4n) is 2.22. The molecule has 0 radical (unpaired) electrons. The Balaban J connectivity index is 1.95. The Morgan fingerprint density at radius 1 is 1.45 bits per heavy atom. The number of rotatable bonds is 7. The molecule has 118 valence electrons. The fourth-order valence-corrected chi connectivity index (χ4v) is 2.44. The van der Waals surface area contributed by atoms with Gasteiger partial charge in [-0.15, -0.1) is 5.10 Å². The highest BCUT2D eigenvalue weighted by molar-refractivity contribution is 6.30. The van der Waals surface area contributed by atoms with Crippen LogP contribution in [0.15, 0.2) is 24.3 Å². The number of hydrogen-bond acceptors (Lipinski definition) is 4. The van der Waals surface area contributed by atoms with E-state index < -0.39 is 0 Å². The van der Waals surface area contributed by atoms with Gasteiger partial charge in [0, 0.05) is 31.0 Å². The lowest BCUT2D eigenvalue weighted by Gasteiger charge is -2.22. The predicted molar refractivity (Wildman–Crippen MR) is 86.3 cm³/mol. The molecule has 3 N–H and O–H groups in total. The van der Waals surface area contributed by atoms with Crippen LogP contribution in [-0.2, 0) is 17.8 Å². The summed E-state index contributed by atoms with van der Waals surface area (Å²) < 4.78 is 0. The van der Waals surface area contributed by atoms with E-state index >= 15 is 0 Å². The van der Waals surface area contributed by atoms with Crippen LogP contribution >= 0.6 is 11.6 Å². The van der Waals surface area contributed by atoms with Crippen LogP contribution in [0.5, 0.6) is 0 Å². The van der Waals surface area contributed by atoms with Gasteiger partial charge in [-0.2, -0.15) is 4.98 Å². The van der Waals surface area contributed by atoms with E-state index in [9.17, 15) is 4.79 Å². The van der Waals surface area contributed by atoms with E-state index in [1.165, 1.54) is 0 Å². The molecule has 0 fully saturated rings. The summed E-state index contributed by atoms with van der Waals surface area (Å²) in [7, 11) is 0. The minimum absolute atomic E-state index is 0.0804. The maximum absolute atomic E-state index is 12.4. The summed E-state index contributed by atoms with van der Waals surface area (Å²) in [5, 5.41) is 7.15. The Bertz CT molecular complexity index is 628. The molecule has 1 aromatic heterocycles.